The zero-order chi connectivity index (χ0) is 19.5. The molecule has 0 amide bonds. The molecule has 0 spiro atoms. The fraction of sp³-hybridized carbons (Fsp3) is 0.250. The van der Waals surface area contributed by atoms with Gasteiger partial charge in [-0.2, -0.15) is 9.67 Å². The molecule has 0 aliphatic carbocycles. The number of aromatic nitrogens is 4. The number of nitrogens with zero attached hydrogens (tertiary/aromatic N) is 5. The summed E-state index contributed by atoms with van der Waals surface area (Å²) in [5, 5.41) is 8.03. The summed E-state index contributed by atoms with van der Waals surface area (Å²) in [6.07, 6.45) is 5.54. The standard InChI is InChI=1S/C20H19ClN6O/c1-2-3-16-11-18(28)27-20(24-16)25-19(26-27)23-12-15-10-14(4-5-17(15)21)13-6-8-22-9-7-13/h4-10H,2-3,11-12H2,1H3,(H,23,26). The van der Waals surface area contributed by atoms with Gasteiger partial charge in [0, 0.05) is 29.7 Å². The van der Waals surface area contributed by atoms with Gasteiger partial charge in [0.05, 0.1) is 6.42 Å². The second-order valence-corrected chi connectivity index (χ2v) is 6.95. The van der Waals surface area contributed by atoms with Gasteiger partial charge in [-0.05, 0) is 47.4 Å². The number of carbonyl (C=O) groups excluding carboxylic acids is 1. The molecule has 8 heteroatoms. The van der Waals surface area contributed by atoms with Crippen LogP contribution in [0.1, 0.15) is 36.5 Å². The molecule has 3 heterocycles. The van der Waals surface area contributed by atoms with E-state index in [1.807, 2.05) is 30.3 Å². The van der Waals surface area contributed by atoms with Gasteiger partial charge in [-0.25, -0.2) is 4.99 Å². The van der Waals surface area contributed by atoms with Gasteiger partial charge < -0.3 is 5.32 Å². The third kappa shape index (κ3) is 3.80. The number of carbonyl (C=O) groups is 1. The number of rotatable bonds is 6. The number of hydrogen-bond donors (Lipinski definition) is 1. The van der Waals surface area contributed by atoms with E-state index in [9.17, 15) is 4.79 Å². The van der Waals surface area contributed by atoms with E-state index in [1.54, 1.807) is 12.4 Å². The molecule has 0 radical (unpaired) electrons. The number of anilines is 1. The minimum atomic E-state index is -0.105. The highest BCUT2D eigenvalue weighted by Crippen LogP contribution is 2.26. The van der Waals surface area contributed by atoms with Gasteiger partial charge in [0.15, 0.2) is 0 Å². The summed E-state index contributed by atoms with van der Waals surface area (Å²) in [5.74, 6) is 0.584. The lowest BCUT2D eigenvalue weighted by Crippen LogP contribution is -2.21. The molecule has 7 nitrogen and oxygen atoms in total. The molecule has 1 N–H and O–H groups in total. The second-order valence-electron chi connectivity index (χ2n) is 6.54. The Kier molecular flexibility index (Phi) is 5.16. The van der Waals surface area contributed by atoms with Gasteiger partial charge >= 0.3 is 0 Å². The van der Waals surface area contributed by atoms with Crippen molar-refractivity contribution in [3.63, 3.8) is 0 Å². The van der Waals surface area contributed by atoms with E-state index in [2.05, 4.69) is 32.3 Å². The molecule has 4 rings (SSSR count). The molecule has 3 aromatic rings. The van der Waals surface area contributed by atoms with Crippen molar-refractivity contribution in [3.05, 3.63) is 53.3 Å². The number of fused-ring (bicyclic) bond motifs is 1. The summed E-state index contributed by atoms with van der Waals surface area (Å²) < 4.78 is 1.26. The van der Waals surface area contributed by atoms with Crippen LogP contribution in [0.5, 0.6) is 0 Å². The zero-order valence-corrected chi connectivity index (χ0v) is 16.1. The molecule has 142 valence electrons. The van der Waals surface area contributed by atoms with Gasteiger partial charge in [-0.1, -0.05) is 31.0 Å². The van der Waals surface area contributed by atoms with E-state index < -0.39 is 0 Å². The van der Waals surface area contributed by atoms with Crippen LogP contribution in [0.25, 0.3) is 11.1 Å². The number of halogens is 1. The fourth-order valence-electron chi connectivity index (χ4n) is 3.09. The van der Waals surface area contributed by atoms with Gasteiger partial charge in [0.2, 0.25) is 5.95 Å². The number of benzene rings is 1. The smallest absolute Gasteiger partial charge is 0.257 e. The highest BCUT2D eigenvalue weighted by Gasteiger charge is 2.22. The third-order valence-corrected chi connectivity index (χ3v) is 4.84. The highest BCUT2D eigenvalue weighted by molar-refractivity contribution is 6.31. The number of nitrogens with one attached hydrogen (secondary N) is 1. The molecule has 1 aromatic carbocycles. The Balaban J connectivity index is 1.53. The van der Waals surface area contributed by atoms with Crippen molar-refractivity contribution in [2.75, 3.05) is 5.32 Å². The first kappa shape index (κ1) is 18.3. The maximum absolute atomic E-state index is 12.2. The predicted octanol–water partition coefficient (Wildman–Crippen LogP) is 4.52. The van der Waals surface area contributed by atoms with Crippen molar-refractivity contribution in [2.24, 2.45) is 4.99 Å². The molecule has 0 fully saturated rings. The fourth-order valence-corrected chi connectivity index (χ4v) is 3.27. The van der Waals surface area contributed by atoms with Crippen LogP contribution < -0.4 is 5.32 Å². The van der Waals surface area contributed by atoms with E-state index >= 15 is 0 Å². The Morgan fingerprint density at radius 1 is 1.18 bits per heavy atom. The summed E-state index contributed by atoms with van der Waals surface area (Å²) in [6, 6.07) is 9.75. The van der Waals surface area contributed by atoms with E-state index in [1.165, 1.54) is 4.68 Å². The Morgan fingerprint density at radius 3 is 2.79 bits per heavy atom. The van der Waals surface area contributed by atoms with Crippen molar-refractivity contribution in [2.45, 2.75) is 32.7 Å². The summed E-state index contributed by atoms with van der Waals surface area (Å²) in [6.45, 7) is 2.49. The average molecular weight is 395 g/mol. The molecule has 0 unspecified atom stereocenters. The Morgan fingerprint density at radius 2 is 2.00 bits per heavy atom. The molecule has 0 saturated carbocycles. The Bertz CT molecular complexity index is 1040. The van der Waals surface area contributed by atoms with E-state index in [-0.39, 0.29) is 5.91 Å². The third-order valence-electron chi connectivity index (χ3n) is 4.47. The average Bonchev–Trinajstić information content (AvgIpc) is 3.12. The minimum Gasteiger partial charge on any atom is -0.349 e. The van der Waals surface area contributed by atoms with E-state index in [0.29, 0.717) is 29.9 Å². The normalized spacial score (nSPS) is 13.2. The first-order chi connectivity index (χ1) is 13.6. The molecule has 0 bridgehead atoms. The Labute approximate surface area is 167 Å². The quantitative estimate of drug-likeness (QED) is 0.664. The predicted molar refractivity (Wildman–Crippen MR) is 109 cm³/mol. The maximum atomic E-state index is 12.2. The van der Waals surface area contributed by atoms with Crippen LogP contribution in [0.2, 0.25) is 5.02 Å². The summed E-state index contributed by atoms with van der Waals surface area (Å²) in [5.41, 5.74) is 3.87. The lowest BCUT2D eigenvalue weighted by molar-refractivity contribution is 0.0905. The zero-order valence-electron chi connectivity index (χ0n) is 15.4. The lowest BCUT2D eigenvalue weighted by Gasteiger charge is -2.09. The molecule has 28 heavy (non-hydrogen) atoms. The first-order valence-electron chi connectivity index (χ1n) is 9.13. The molecule has 2 aromatic heterocycles. The SMILES string of the molecule is CCCC1=Nc2nc(NCc3cc(-c4ccncc4)ccc3Cl)nn2C(=O)C1. The maximum Gasteiger partial charge on any atom is 0.257 e. The van der Waals surface area contributed by atoms with Gasteiger partial charge in [0.25, 0.3) is 11.9 Å². The largest absolute Gasteiger partial charge is 0.349 e. The van der Waals surface area contributed by atoms with Crippen molar-refractivity contribution in [1.82, 2.24) is 19.7 Å². The molecule has 1 aliphatic rings. The Hall–Kier alpha value is -3.06. The van der Waals surface area contributed by atoms with Crippen LogP contribution in [-0.2, 0) is 6.54 Å². The minimum absolute atomic E-state index is 0.105. The first-order valence-corrected chi connectivity index (χ1v) is 9.51. The van der Waals surface area contributed by atoms with Crippen LogP contribution in [0.15, 0.2) is 47.7 Å². The monoisotopic (exact) mass is 394 g/mol. The lowest BCUT2D eigenvalue weighted by atomic mass is 10.0. The van der Waals surface area contributed by atoms with Crippen molar-refractivity contribution in [1.29, 1.82) is 0 Å². The van der Waals surface area contributed by atoms with Crippen LogP contribution in [-0.4, -0.2) is 31.4 Å². The molecular formula is C20H19ClN6O. The van der Waals surface area contributed by atoms with Crippen LogP contribution in [0, 0.1) is 0 Å². The molecule has 0 saturated heterocycles. The van der Waals surface area contributed by atoms with E-state index in [4.69, 9.17) is 11.6 Å². The summed E-state index contributed by atoms with van der Waals surface area (Å²) in [4.78, 5) is 25.1. The van der Waals surface area contributed by atoms with Gasteiger partial charge in [-0.3, -0.25) is 9.78 Å². The molecule has 1 aliphatic heterocycles. The number of pyridine rings is 1. The van der Waals surface area contributed by atoms with Gasteiger partial charge in [0.1, 0.15) is 0 Å². The van der Waals surface area contributed by atoms with Crippen molar-refractivity contribution < 1.29 is 4.79 Å². The van der Waals surface area contributed by atoms with Gasteiger partial charge in [-0.15, -0.1) is 5.10 Å². The van der Waals surface area contributed by atoms with E-state index in [0.717, 1.165) is 35.2 Å². The molecular weight excluding hydrogens is 376 g/mol. The summed E-state index contributed by atoms with van der Waals surface area (Å²) in [7, 11) is 0. The number of aliphatic imine (C=N–C) groups is 1. The highest BCUT2D eigenvalue weighted by atomic mass is 35.5. The molecule has 0 atom stereocenters. The number of hydrogen-bond acceptors (Lipinski definition) is 6. The topological polar surface area (TPSA) is 85.1 Å². The van der Waals surface area contributed by atoms with Crippen LogP contribution in [0.3, 0.4) is 0 Å². The second kappa shape index (κ2) is 7.90. The van der Waals surface area contributed by atoms with Crippen LogP contribution in [0.4, 0.5) is 11.9 Å². The van der Waals surface area contributed by atoms with Crippen LogP contribution >= 0.6 is 11.6 Å². The van der Waals surface area contributed by atoms with Crippen molar-refractivity contribution >= 4 is 35.1 Å². The summed E-state index contributed by atoms with van der Waals surface area (Å²) >= 11 is 6.35. The van der Waals surface area contributed by atoms with Crippen molar-refractivity contribution in [3.8, 4) is 11.1 Å².